The molecule has 0 N–H and O–H groups in total. The Kier molecular flexibility index (Phi) is 7.08. The number of carbonyl (C=O) groups is 2. The lowest BCUT2D eigenvalue weighted by molar-refractivity contribution is -0.130. The second-order valence-corrected chi connectivity index (χ2v) is 13.1. The minimum atomic E-state index is -3.25. The van der Waals surface area contributed by atoms with Crippen molar-refractivity contribution in [3.8, 4) is 5.75 Å². The Bertz CT molecular complexity index is 1280. The maximum Gasteiger partial charge on any atom is 0.223 e. The molecule has 1 amide bonds. The van der Waals surface area contributed by atoms with Crippen molar-refractivity contribution in [1.29, 1.82) is 0 Å². The summed E-state index contributed by atoms with van der Waals surface area (Å²) in [6, 6.07) is 10.8. The van der Waals surface area contributed by atoms with Gasteiger partial charge in [0.15, 0.2) is 15.4 Å². The fourth-order valence-corrected chi connectivity index (χ4v) is 6.45. The summed E-state index contributed by atoms with van der Waals surface area (Å²) in [5.74, 6) is 1.02. The van der Waals surface area contributed by atoms with Gasteiger partial charge in [-0.3, -0.25) is 9.59 Å². The summed E-state index contributed by atoms with van der Waals surface area (Å²) in [6.07, 6.45) is 0.797. The molecule has 0 aromatic heterocycles. The van der Waals surface area contributed by atoms with E-state index in [9.17, 15) is 18.0 Å². The van der Waals surface area contributed by atoms with Crippen LogP contribution in [0, 0.1) is 18.8 Å². The second-order valence-electron chi connectivity index (χ2n) is 10.8. The predicted octanol–water partition coefficient (Wildman–Crippen LogP) is 4.97. The molecule has 2 heterocycles. The number of ether oxygens (including phenoxy) is 1. The number of benzene rings is 2. The third-order valence-electron chi connectivity index (χ3n) is 7.80. The van der Waals surface area contributed by atoms with Crippen molar-refractivity contribution in [2.75, 3.05) is 18.8 Å². The Labute approximate surface area is 215 Å². The molecule has 1 fully saturated rings. The van der Waals surface area contributed by atoms with Gasteiger partial charge in [-0.1, -0.05) is 58.9 Å². The second kappa shape index (κ2) is 9.66. The first-order valence-corrected chi connectivity index (χ1v) is 14.5. The van der Waals surface area contributed by atoms with Crippen LogP contribution in [0.15, 0.2) is 41.3 Å². The zero-order chi connectivity index (χ0) is 26.4. The highest BCUT2D eigenvalue weighted by Crippen LogP contribution is 2.49. The first-order chi connectivity index (χ1) is 16.9. The van der Waals surface area contributed by atoms with Gasteiger partial charge in [-0.05, 0) is 54.0 Å². The van der Waals surface area contributed by atoms with Crippen LogP contribution in [0.1, 0.15) is 74.0 Å². The highest BCUT2D eigenvalue weighted by Gasteiger charge is 2.60. The van der Waals surface area contributed by atoms with Gasteiger partial charge < -0.3 is 9.64 Å². The first kappa shape index (κ1) is 26.4. The van der Waals surface area contributed by atoms with Crippen molar-refractivity contribution in [2.24, 2.45) is 11.8 Å². The summed E-state index contributed by atoms with van der Waals surface area (Å²) in [6.45, 7) is 12.7. The fourth-order valence-electron chi connectivity index (χ4n) is 5.56. The quantitative estimate of drug-likeness (QED) is 0.524. The number of rotatable bonds is 7. The number of Topliss-reactive ketones (excluding diaryl/α,β-unsaturated/α-hetero) is 1. The highest BCUT2D eigenvalue weighted by atomic mass is 32.2. The van der Waals surface area contributed by atoms with E-state index in [1.165, 1.54) is 0 Å². The molecule has 1 saturated heterocycles. The molecule has 2 aromatic rings. The van der Waals surface area contributed by atoms with Gasteiger partial charge in [-0.25, -0.2) is 8.42 Å². The normalized spacial score (nSPS) is 21.5. The Morgan fingerprint density at radius 2 is 1.78 bits per heavy atom. The number of ketones is 1. The molecule has 1 spiro atoms. The van der Waals surface area contributed by atoms with E-state index < -0.39 is 15.4 Å². The van der Waals surface area contributed by atoms with Gasteiger partial charge in [-0.2, -0.15) is 0 Å². The summed E-state index contributed by atoms with van der Waals surface area (Å²) in [7, 11) is -3.25. The van der Waals surface area contributed by atoms with Crippen LogP contribution in [0.25, 0.3) is 0 Å². The van der Waals surface area contributed by atoms with Gasteiger partial charge >= 0.3 is 0 Å². The maximum absolute atomic E-state index is 13.9. The fraction of sp³-hybridized carbons (Fsp3) is 0.517. The van der Waals surface area contributed by atoms with Crippen molar-refractivity contribution < 1.29 is 22.7 Å². The third kappa shape index (κ3) is 4.47. The molecule has 2 aromatic carbocycles. The van der Waals surface area contributed by atoms with Crippen LogP contribution >= 0.6 is 0 Å². The number of likely N-dealkylation sites (tertiary alicyclic amines) is 1. The molecule has 2 aliphatic heterocycles. The van der Waals surface area contributed by atoms with E-state index in [1.54, 1.807) is 36.1 Å². The zero-order valence-corrected chi connectivity index (χ0v) is 22.9. The molecule has 2 atom stereocenters. The molecule has 0 radical (unpaired) electrons. The van der Waals surface area contributed by atoms with Gasteiger partial charge in [-0.15, -0.1) is 0 Å². The van der Waals surface area contributed by atoms with Crippen molar-refractivity contribution >= 4 is 21.5 Å². The summed E-state index contributed by atoms with van der Waals surface area (Å²) >= 11 is 0. The van der Waals surface area contributed by atoms with Gasteiger partial charge in [0.2, 0.25) is 11.7 Å². The monoisotopic (exact) mass is 511 g/mol. The lowest BCUT2D eigenvalue weighted by atomic mass is 9.78. The van der Waals surface area contributed by atoms with Crippen molar-refractivity contribution in [2.45, 2.75) is 70.8 Å². The third-order valence-corrected chi connectivity index (χ3v) is 9.55. The molecule has 7 heteroatoms. The molecular formula is C29H37NO5S. The van der Waals surface area contributed by atoms with E-state index in [0.717, 1.165) is 16.7 Å². The molecule has 194 valence electrons. The molecule has 0 saturated carbocycles. The first-order valence-electron chi connectivity index (χ1n) is 12.9. The number of hydrogen-bond acceptors (Lipinski definition) is 5. The number of sulfone groups is 1. The van der Waals surface area contributed by atoms with E-state index in [4.69, 9.17) is 4.74 Å². The molecular weight excluding hydrogens is 474 g/mol. The number of amides is 1. The van der Waals surface area contributed by atoms with E-state index in [2.05, 4.69) is 27.7 Å². The number of fused-ring (bicyclic) bond motifs is 1. The van der Waals surface area contributed by atoms with E-state index in [0.29, 0.717) is 29.2 Å². The average molecular weight is 512 g/mol. The maximum atomic E-state index is 13.9. The average Bonchev–Trinajstić information content (AvgIpc) is 3.36. The Hall–Kier alpha value is -2.67. The summed E-state index contributed by atoms with van der Waals surface area (Å²) in [5.41, 5.74) is 2.48. The number of nitrogens with zero attached hydrogens (tertiary/aromatic N) is 1. The lowest BCUT2D eigenvalue weighted by Crippen LogP contribution is -2.50. The molecule has 0 bridgehead atoms. The van der Waals surface area contributed by atoms with Gasteiger partial charge in [0, 0.05) is 18.9 Å². The highest BCUT2D eigenvalue weighted by molar-refractivity contribution is 7.91. The van der Waals surface area contributed by atoms with Crippen LogP contribution < -0.4 is 4.74 Å². The zero-order valence-electron chi connectivity index (χ0n) is 22.1. The summed E-state index contributed by atoms with van der Waals surface area (Å²) in [5, 5.41) is 0. The minimum absolute atomic E-state index is 0.000720. The Morgan fingerprint density at radius 1 is 1.11 bits per heavy atom. The van der Waals surface area contributed by atoms with Crippen LogP contribution in [-0.2, 0) is 21.1 Å². The van der Waals surface area contributed by atoms with Gasteiger partial charge in [0.1, 0.15) is 5.75 Å². The number of aryl methyl sites for hydroxylation is 2. The van der Waals surface area contributed by atoms with Crippen molar-refractivity contribution in [3.05, 3.63) is 58.7 Å². The molecule has 36 heavy (non-hydrogen) atoms. The minimum Gasteiger partial charge on any atom is -0.476 e. The van der Waals surface area contributed by atoms with E-state index >= 15 is 0 Å². The van der Waals surface area contributed by atoms with E-state index in [-0.39, 0.29) is 48.2 Å². The smallest absolute Gasteiger partial charge is 0.223 e. The van der Waals surface area contributed by atoms with Crippen LogP contribution in [0.3, 0.4) is 0 Å². The Balaban J connectivity index is 1.53. The summed E-state index contributed by atoms with van der Waals surface area (Å²) in [4.78, 5) is 29.3. The van der Waals surface area contributed by atoms with Crippen LogP contribution in [0.4, 0.5) is 0 Å². The van der Waals surface area contributed by atoms with Gasteiger partial charge in [0.25, 0.3) is 0 Å². The topological polar surface area (TPSA) is 80.8 Å². The standard InChI is InChI=1S/C29H37NO5S/c1-7-36(33,34)22-12-9-21(10-13-22)11-15-25(31)30-16-24(19(4)5)29(17-30)28(32)26-20(6)8-14-23(18(2)3)27(26)35-29/h8-10,12-14,18-19,24H,7,11,15-17H2,1-6H3. The molecule has 6 nitrogen and oxygen atoms in total. The van der Waals surface area contributed by atoms with Gasteiger partial charge in [0.05, 0.1) is 22.8 Å². The molecule has 2 aliphatic rings. The Morgan fingerprint density at radius 3 is 2.36 bits per heavy atom. The molecule has 2 unspecified atom stereocenters. The SMILES string of the molecule is CCS(=O)(=O)c1ccc(CCC(=O)N2CC(C(C)C)C3(C2)Oc2c(C(C)C)ccc(C)c2C3=O)cc1. The number of hydrogen-bond donors (Lipinski definition) is 0. The molecule has 0 aliphatic carbocycles. The van der Waals surface area contributed by atoms with Crippen LogP contribution in [-0.4, -0.2) is 49.5 Å². The summed E-state index contributed by atoms with van der Waals surface area (Å²) < 4.78 is 30.7. The number of carbonyl (C=O) groups excluding carboxylic acids is 2. The van der Waals surface area contributed by atoms with Crippen molar-refractivity contribution in [1.82, 2.24) is 4.90 Å². The van der Waals surface area contributed by atoms with E-state index in [1.807, 2.05) is 19.1 Å². The van der Waals surface area contributed by atoms with Crippen LogP contribution in [0.5, 0.6) is 5.75 Å². The largest absolute Gasteiger partial charge is 0.476 e. The predicted molar refractivity (Wildman–Crippen MR) is 140 cm³/mol. The lowest BCUT2D eigenvalue weighted by Gasteiger charge is -2.30. The van der Waals surface area contributed by atoms with Crippen molar-refractivity contribution in [3.63, 3.8) is 0 Å². The molecule has 4 rings (SSSR count). The van der Waals surface area contributed by atoms with Crippen LogP contribution in [0.2, 0.25) is 0 Å².